The second kappa shape index (κ2) is 17.2. The average molecular weight is 213 g/mol. The molecule has 4 nitrogen and oxygen atoms in total. The minimum Gasteiger partial charge on any atom is -0.870 e. The van der Waals surface area contributed by atoms with Crippen LogP contribution in [0.3, 0.4) is 0 Å². The van der Waals surface area contributed by atoms with Crippen LogP contribution in [0.25, 0.3) is 0 Å². The van der Waals surface area contributed by atoms with Crippen LogP contribution in [0.15, 0.2) is 0 Å². The zero-order chi connectivity index (χ0) is 7.15. The van der Waals surface area contributed by atoms with Crippen molar-refractivity contribution in [2.45, 2.75) is 0 Å². The smallest absolute Gasteiger partial charge is 0.870 e. The van der Waals surface area contributed by atoms with Crippen molar-refractivity contribution < 1.29 is 71.2 Å². The summed E-state index contributed by atoms with van der Waals surface area (Å²) in [5, 5.41) is 0. The molecule has 0 saturated carbocycles. The van der Waals surface area contributed by atoms with Crippen LogP contribution < -0.4 is 56.3 Å². The molecule has 0 bridgehead atoms. The fraction of sp³-hybridized carbons (Fsp3) is 1.00. The summed E-state index contributed by atoms with van der Waals surface area (Å²) in [6.45, 7) is 0. The molecule has 0 spiro atoms. The van der Waals surface area contributed by atoms with Gasteiger partial charge in [-0.2, -0.15) is 4.89 Å². The number of rotatable bonds is 0. The molecule has 0 saturated heterocycles. The van der Waals surface area contributed by atoms with E-state index in [1.54, 1.807) is 0 Å². The Balaban J connectivity index is -0.0000000300. The Morgan fingerprint density at radius 2 is 1.40 bits per heavy atom. The normalized spacial score (nSPS) is 8.00. The molecule has 7 heteroatoms. The van der Waals surface area contributed by atoms with Crippen LogP contribution in [-0.2, 0) is 15.5 Å². The second-order valence-electron chi connectivity index (χ2n) is 1.46. The van der Waals surface area contributed by atoms with E-state index >= 15 is 0 Å². The first-order valence-corrected chi connectivity index (χ1v) is 5.37. The molecule has 1 atom stereocenters. The van der Waals surface area contributed by atoms with E-state index < -0.39 is 8.25 Å². The number of hydrogen-bond donors (Lipinski definition) is 1. The van der Waals surface area contributed by atoms with Crippen LogP contribution in [0.5, 0.6) is 0 Å². The molecule has 0 rings (SSSR count). The molecular formula is C3H11KO4PS+. The Morgan fingerprint density at radius 3 is 1.40 bits per heavy atom. The van der Waals surface area contributed by atoms with Gasteiger partial charge in [-0.3, -0.25) is 0 Å². The van der Waals surface area contributed by atoms with Crippen molar-refractivity contribution in [3.63, 3.8) is 0 Å². The third kappa shape index (κ3) is 207. The van der Waals surface area contributed by atoms with E-state index in [4.69, 9.17) is 14.4 Å². The Kier molecular flexibility index (Phi) is 38.9. The Labute approximate surface area is 107 Å². The van der Waals surface area contributed by atoms with Crippen molar-refractivity contribution in [1.29, 1.82) is 0 Å². The molecule has 10 heavy (non-hydrogen) atoms. The summed E-state index contributed by atoms with van der Waals surface area (Å²) in [5.41, 5.74) is 0. The SMILES string of the molecule is C[S+](C)C.O=[P+]([O-])O.[K+].[OH-]. The summed E-state index contributed by atoms with van der Waals surface area (Å²) in [4.78, 5) is 15.6. The van der Waals surface area contributed by atoms with E-state index in [0.717, 1.165) is 0 Å². The van der Waals surface area contributed by atoms with Gasteiger partial charge in [0.1, 0.15) is 0 Å². The molecule has 2 N–H and O–H groups in total. The summed E-state index contributed by atoms with van der Waals surface area (Å²) in [7, 11) is -2.48. The van der Waals surface area contributed by atoms with Crippen molar-refractivity contribution in [1.82, 2.24) is 0 Å². The van der Waals surface area contributed by atoms with E-state index in [9.17, 15) is 0 Å². The summed E-state index contributed by atoms with van der Waals surface area (Å²) < 4.78 is 8.59. The molecule has 0 radical (unpaired) electrons. The number of hydrogen-bond acceptors (Lipinski definition) is 3. The van der Waals surface area contributed by atoms with Gasteiger partial charge in [-0.15, -0.1) is 0 Å². The van der Waals surface area contributed by atoms with Crippen molar-refractivity contribution in [3.8, 4) is 0 Å². The predicted molar refractivity (Wildman–Crippen MR) is 36.9 cm³/mol. The van der Waals surface area contributed by atoms with Crippen LogP contribution >= 0.6 is 8.25 Å². The van der Waals surface area contributed by atoms with Crippen LogP contribution in [0.4, 0.5) is 0 Å². The molecule has 0 amide bonds. The van der Waals surface area contributed by atoms with Gasteiger partial charge in [0, 0.05) is 0 Å². The Bertz CT molecular complexity index is 64.8. The average Bonchev–Trinajstić information content (AvgIpc) is 1.25. The third-order valence-electron chi connectivity index (χ3n) is 0. The second-order valence-corrected chi connectivity index (χ2v) is 4.39. The van der Waals surface area contributed by atoms with E-state index in [2.05, 4.69) is 18.8 Å². The third-order valence-corrected chi connectivity index (χ3v) is 0. The zero-order valence-corrected chi connectivity index (χ0v) is 11.4. The monoisotopic (exact) mass is 213 g/mol. The summed E-state index contributed by atoms with van der Waals surface area (Å²) in [6, 6.07) is 0. The van der Waals surface area contributed by atoms with E-state index in [-0.39, 0.29) is 56.9 Å². The first-order chi connectivity index (χ1) is 3.46. The maximum absolute atomic E-state index is 8.59. The fourth-order valence-corrected chi connectivity index (χ4v) is 0. The predicted octanol–water partition coefficient (Wildman–Crippen LogP) is -3.68. The topological polar surface area (TPSA) is 90.4 Å². The first-order valence-electron chi connectivity index (χ1n) is 1.79. The van der Waals surface area contributed by atoms with Crippen molar-refractivity contribution in [3.05, 3.63) is 0 Å². The minimum atomic E-state index is -3.12. The van der Waals surface area contributed by atoms with E-state index in [1.165, 1.54) is 0 Å². The Morgan fingerprint density at radius 1 is 1.40 bits per heavy atom. The quantitative estimate of drug-likeness (QED) is 0.255. The van der Waals surface area contributed by atoms with Gasteiger partial charge < -0.3 is 10.4 Å². The minimum absolute atomic E-state index is 0. The molecule has 0 aromatic rings. The van der Waals surface area contributed by atoms with Crippen LogP contribution in [-0.4, -0.2) is 29.1 Å². The molecule has 0 heterocycles. The van der Waals surface area contributed by atoms with Crippen molar-refractivity contribution in [2.24, 2.45) is 0 Å². The summed E-state index contributed by atoms with van der Waals surface area (Å²) in [5.74, 6) is 0. The molecule has 0 aliphatic carbocycles. The van der Waals surface area contributed by atoms with Crippen LogP contribution in [0.2, 0.25) is 0 Å². The maximum atomic E-state index is 8.59. The first kappa shape index (κ1) is 22.7. The Hall–Kier alpha value is 1.97. The molecule has 0 aromatic carbocycles. The van der Waals surface area contributed by atoms with Gasteiger partial charge in [0.15, 0.2) is 0 Å². The van der Waals surface area contributed by atoms with Crippen LogP contribution in [0.1, 0.15) is 0 Å². The molecule has 58 valence electrons. The molecular weight excluding hydrogens is 202 g/mol. The zero-order valence-electron chi connectivity index (χ0n) is 6.57. The van der Waals surface area contributed by atoms with Gasteiger partial charge in [-0.1, -0.05) is 0 Å². The summed E-state index contributed by atoms with van der Waals surface area (Å²) >= 11 is 0. The maximum Gasteiger partial charge on any atom is 1.00 e. The molecule has 0 aliphatic rings. The van der Waals surface area contributed by atoms with Gasteiger partial charge in [-0.25, -0.2) is 0 Å². The van der Waals surface area contributed by atoms with Gasteiger partial charge in [0.05, 0.1) is 18.8 Å². The van der Waals surface area contributed by atoms with Crippen molar-refractivity contribution >= 4 is 19.1 Å². The molecule has 1 unspecified atom stereocenters. The molecule has 0 aromatic heterocycles. The molecule has 0 aliphatic heterocycles. The standard InChI is InChI=1S/C3H9S.K.HO3P.H2O/c1-4(2)3;;1-4(2)3;/h1-3H3;;(H,1,2,3);1H2/q2*+1;;/p-1. The van der Waals surface area contributed by atoms with Gasteiger partial charge >= 0.3 is 59.6 Å². The van der Waals surface area contributed by atoms with Gasteiger partial charge in [0.25, 0.3) is 0 Å². The molecule has 0 fully saturated rings. The van der Waals surface area contributed by atoms with E-state index in [0.29, 0.717) is 10.9 Å². The van der Waals surface area contributed by atoms with Crippen LogP contribution in [0, 0.1) is 0 Å². The largest absolute Gasteiger partial charge is 1.00 e. The van der Waals surface area contributed by atoms with E-state index in [1.807, 2.05) is 0 Å². The summed E-state index contributed by atoms with van der Waals surface area (Å²) in [6.07, 6.45) is 6.58. The fourth-order valence-electron chi connectivity index (χ4n) is 0. The van der Waals surface area contributed by atoms with Gasteiger partial charge in [0.2, 0.25) is 0 Å². The van der Waals surface area contributed by atoms with Gasteiger partial charge in [-0.05, 0) is 15.5 Å². The van der Waals surface area contributed by atoms with Crippen molar-refractivity contribution in [2.75, 3.05) is 18.8 Å².